The molecule has 2 atom stereocenters. The summed E-state index contributed by atoms with van der Waals surface area (Å²) in [6.45, 7) is 4.08. The third-order valence-corrected chi connectivity index (χ3v) is 9.70. The van der Waals surface area contributed by atoms with Gasteiger partial charge in [0.1, 0.15) is 20.7 Å². The van der Waals surface area contributed by atoms with Gasteiger partial charge in [0.25, 0.3) is 0 Å². The molecule has 0 aliphatic rings. The molecule has 0 rings (SSSR count). The molecule has 9 nitrogen and oxygen atoms in total. The third kappa shape index (κ3) is 32.9. The summed E-state index contributed by atoms with van der Waals surface area (Å²) >= 11 is 0. The number of nitrogens with zero attached hydrogens (tertiary/aromatic N) is 1. The zero-order valence-electron chi connectivity index (χ0n) is 30.3. The smallest absolute Gasteiger partial charge is 0.306 e. The van der Waals surface area contributed by atoms with Gasteiger partial charge in [0.2, 0.25) is 0 Å². The van der Waals surface area contributed by atoms with Gasteiger partial charge in [-0.25, -0.2) is 5.21 Å². The molecule has 0 aliphatic heterocycles. The van der Waals surface area contributed by atoms with Crippen LogP contribution < -0.4 is 4.89 Å². The van der Waals surface area contributed by atoms with Gasteiger partial charge in [-0.15, -0.1) is 0 Å². The molecule has 0 aromatic rings. The summed E-state index contributed by atoms with van der Waals surface area (Å²) in [4.78, 5) is 37.3. The fourth-order valence-electron chi connectivity index (χ4n) is 5.40. The van der Waals surface area contributed by atoms with E-state index < -0.39 is 26.3 Å². The minimum atomic E-state index is -4.22. The molecule has 0 amide bonds. The first-order valence-corrected chi connectivity index (χ1v) is 20.6. The summed E-state index contributed by atoms with van der Waals surface area (Å²) in [7, 11) is -1.09. The third-order valence-electron chi connectivity index (χ3n) is 8.29. The molecular formula is C36H72NO8P. The van der Waals surface area contributed by atoms with Gasteiger partial charge in [-0.1, -0.05) is 142 Å². The monoisotopic (exact) mass is 677 g/mol. The van der Waals surface area contributed by atoms with Gasteiger partial charge in [0, 0.05) is 25.4 Å². The normalized spacial score (nSPS) is 13.8. The maximum atomic E-state index is 12.6. The van der Waals surface area contributed by atoms with Crippen LogP contribution in [0, 0.1) is 0 Å². The topological polar surface area (TPSA) is 122 Å². The average Bonchev–Trinajstić information content (AvgIpc) is 2.99. The molecule has 0 bridgehead atoms. The van der Waals surface area contributed by atoms with E-state index in [9.17, 15) is 24.3 Å². The van der Waals surface area contributed by atoms with E-state index in [0.717, 1.165) is 32.1 Å². The molecule has 0 aliphatic carbocycles. The highest BCUT2D eigenvalue weighted by Crippen LogP contribution is 2.38. The second kappa shape index (κ2) is 30.1. The number of hydrogen-bond donors (Lipinski definition) is 1. The number of esters is 2. The van der Waals surface area contributed by atoms with Crippen molar-refractivity contribution >= 4 is 19.5 Å². The van der Waals surface area contributed by atoms with Crippen molar-refractivity contribution in [2.24, 2.45) is 0 Å². The minimum absolute atomic E-state index is 0.224. The first kappa shape index (κ1) is 45.0. The van der Waals surface area contributed by atoms with Crippen molar-refractivity contribution < 1.29 is 42.9 Å². The lowest BCUT2D eigenvalue weighted by molar-refractivity contribution is -1.07. The number of hydroxylamine groups is 3. The number of carbonyl (C=O) groups excluding carboxylic acids is 2. The van der Waals surface area contributed by atoms with Crippen molar-refractivity contribution in [3.63, 3.8) is 0 Å². The van der Waals surface area contributed by atoms with Gasteiger partial charge in [0.05, 0.1) is 20.7 Å². The number of hydrogen-bond acceptors (Lipinski definition) is 8. The van der Waals surface area contributed by atoms with E-state index in [-0.39, 0.29) is 49.2 Å². The van der Waals surface area contributed by atoms with Crippen molar-refractivity contribution in [2.75, 3.05) is 40.0 Å². The van der Waals surface area contributed by atoms with Crippen LogP contribution in [-0.4, -0.2) is 67.9 Å². The average molecular weight is 678 g/mol. The van der Waals surface area contributed by atoms with Crippen molar-refractivity contribution in [3.8, 4) is 0 Å². The highest BCUT2D eigenvalue weighted by Gasteiger charge is 2.21. The van der Waals surface area contributed by atoms with Crippen molar-refractivity contribution in [1.29, 1.82) is 0 Å². The van der Waals surface area contributed by atoms with Gasteiger partial charge < -0.3 is 23.5 Å². The zero-order chi connectivity index (χ0) is 34.4. The number of ether oxygens (including phenoxy) is 2. The Morgan fingerprint density at radius 1 is 0.630 bits per heavy atom. The van der Waals surface area contributed by atoms with E-state index in [1.807, 2.05) is 0 Å². The van der Waals surface area contributed by atoms with Crippen LogP contribution in [-0.2, 0) is 28.2 Å². The lowest BCUT2D eigenvalue weighted by Crippen LogP contribution is -2.36. The summed E-state index contributed by atoms with van der Waals surface area (Å²) in [6, 6.07) is 0. The quantitative estimate of drug-likeness (QED) is 0.0235. The molecule has 1 N–H and O–H groups in total. The van der Waals surface area contributed by atoms with Crippen LogP contribution >= 0.6 is 7.60 Å². The first-order chi connectivity index (χ1) is 22.0. The van der Waals surface area contributed by atoms with E-state index in [4.69, 9.17) is 14.0 Å². The maximum absolute atomic E-state index is 12.6. The second-order valence-corrected chi connectivity index (χ2v) is 15.6. The molecular weight excluding hydrogens is 605 g/mol. The highest BCUT2D eigenvalue weighted by atomic mass is 31.2. The molecule has 0 aromatic heterocycles. The SMILES string of the molecule is CCCCCCCCCCCCCC(=O)OCC(COP(=O)([O-])CCC[N+](C)(C)O)OC(=O)CCCCCCCCCCCCC. The summed E-state index contributed by atoms with van der Waals surface area (Å²) in [5, 5.41) is 9.79. The molecule has 0 fully saturated rings. The Hall–Kier alpha value is -0.990. The predicted octanol–water partition coefficient (Wildman–Crippen LogP) is 9.27. The van der Waals surface area contributed by atoms with Gasteiger partial charge in [-0.05, 0) is 12.8 Å². The predicted molar refractivity (Wildman–Crippen MR) is 185 cm³/mol. The molecule has 0 aromatic carbocycles. The molecule has 46 heavy (non-hydrogen) atoms. The van der Waals surface area contributed by atoms with Crippen LogP contribution in [0.2, 0.25) is 0 Å². The Kier molecular flexibility index (Phi) is 29.4. The van der Waals surface area contributed by atoms with Gasteiger partial charge in [-0.2, -0.15) is 4.65 Å². The van der Waals surface area contributed by atoms with Crippen LogP contribution in [0.1, 0.15) is 174 Å². The van der Waals surface area contributed by atoms with Crippen LogP contribution in [0.3, 0.4) is 0 Å². The largest absolute Gasteiger partial charge is 0.778 e. The summed E-state index contributed by atoms with van der Waals surface area (Å²) < 4.78 is 28.1. The Bertz CT molecular complexity index is 774. The number of quaternary nitrogens is 1. The second-order valence-electron chi connectivity index (χ2n) is 13.7. The van der Waals surface area contributed by atoms with E-state index in [2.05, 4.69) is 13.8 Å². The van der Waals surface area contributed by atoms with Gasteiger partial charge in [0.15, 0.2) is 6.10 Å². The standard InChI is InChI=1S/C36H72NO8P/c1-5-7-9-11-13-15-17-19-21-23-25-28-35(38)43-32-34(33-44-46(41,42)31-27-30-37(3,4)40)45-36(39)29-26-24-22-20-18-16-14-12-10-8-6-2/h34,40H,5-33H2,1-4H3. The maximum Gasteiger partial charge on any atom is 0.306 e. The van der Waals surface area contributed by atoms with E-state index in [0.29, 0.717) is 6.42 Å². The highest BCUT2D eigenvalue weighted by molar-refractivity contribution is 7.51. The zero-order valence-corrected chi connectivity index (χ0v) is 31.2. The van der Waals surface area contributed by atoms with Crippen molar-refractivity contribution in [2.45, 2.75) is 180 Å². The van der Waals surface area contributed by atoms with E-state index in [1.165, 1.54) is 103 Å². The molecule has 0 saturated heterocycles. The van der Waals surface area contributed by atoms with E-state index >= 15 is 0 Å². The minimum Gasteiger partial charge on any atom is -0.778 e. The van der Waals surface area contributed by atoms with E-state index in [1.54, 1.807) is 14.1 Å². The molecule has 0 saturated carbocycles. The number of carbonyl (C=O) groups is 2. The number of rotatable bonds is 34. The van der Waals surface area contributed by atoms with Crippen LogP contribution in [0.25, 0.3) is 0 Å². The summed E-state index contributed by atoms with van der Waals surface area (Å²) in [6.07, 6.45) is 25.5. The number of unbranched alkanes of at least 4 members (excludes halogenated alkanes) is 20. The Balaban J connectivity index is 4.44. The molecule has 274 valence electrons. The van der Waals surface area contributed by atoms with Crippen LogP contribution in [0.15, 0.2) is 0 Å². The van der Waals surface area contributed by atoms with Gasteiger partial charge >= 0.3 is 11.9 Å². The molecule has 0 spiro atoms. The summed E-state index contributed by atoms with van der Waals surface area (Å²) in [5.74, 6) is -0.818. The molecule has 0 radical (unpaired) electrons. The Morgan fingerprint density at radius 3 is 1.43 bits per heavy atom. The lowest BCUT2D eigenvalue weighted by atomic mass is 10.1. The van der Waals surface area contributed by atoms with Gasteiger partial charge in [-0.3, -0.25) is 9.59 Å². The molecule has 2 unspecified atom stereocenters. The fourth-order valence-corrected chi connectivity index (χ4v) is 6.45. The Labute approximate surface area is 282 Å². The summed E-state index contributed by atoms with van der Waals surface area (Å²) in [5.41, 5.74) is 0. The van der Waals surface area contributed by atoms with Crippen molar-refractivity contribution in [1.82, 2.24) is 0 Å². The Morgan fingerprint density at radius 2 is 1.02 bits per heavy atom. The first-order valence-electron chi connectivity index (χ1n) is 18.8. The molecule has 0 heterocycles. The lowest BCUT2D eigenvalue weighted by Gasteiger charge is -2.27. The molecule has 10 heteroatoms. The van der Waals surface area contributed by atoms with Crippen molar-refractivity contribution in [3.05, 3.63) is 0 Å². The fraction of sp³-hybridized carbons (Fsp3) is 0.944. The van der Waals surface area contributed by atoms with Crippen LogP contribution in [0.4, 0.5) is 0 Å². The van der Waals surface area contributed by atoms with Crippen LogP contribution in [0.5, 0.6) is 0 Å².